The van der Waals surface area contributed by atoms with Crippen LogP contribution in [-0.4, -0.2) is 25.3 Å². The summed E-state index contributed by atoms with van der Waals surface area (Å²) in [6.45, 7) is 4.42. The fourth-order valence-corrected chi connectivity index (χ4v) is 3.45. The van der Waals surface area contributed by atoms with Crippen molar-refractivity contribution in [2.45, 2.75) is 20.4 Å². The van der Waals surface area contributed by atoms with E-state index in [0.29, 0.717) is 23.0 Å². The van der Waals surface area contributed by atoms with Gasteiger partial charge in [0, 0.05) is 12.1 Å². The van der Waals surface area contributed by atoms with Gasteiger partial charge in [-0.1, -0.05) is 47.5 Å². The van der Waals surface area contributed by atoms with Crippen LogP contribution in [0.3, 0.4) is 0 Å². The molecule has 0 saturated carbocycles. The number of nitrogens with one attached hydrogen (secondary N) is 2. The van der Waals surface area contributed by atoms with E-state index in [-0.39, 0.29) is 5.65 Å². The van der Waals surface area contributed by atoms with Crippen molar-refractivity contribution in [3.63, 3.8) is 0 Å². The van der Waals surface area contributed by atoms with Gasteiger partial charge in [-0.2, -0.15) is 10.1 Å². The number of aryl methyl sites for hydroxylation is 3. The lowest BCUT2D eigenvalue weighted by atomic mass is 10.1. The first-order chi connectivity index (χ1) is 14.8. The molecule has 0 aliphatic carbocycles. The summed E-state index contributed by atoms with van der Waals surface area (Å²) in [6, 6.07) is 13.4. The Balaban J connectivity index is 1.80. The number of rotatable bonds is 5. The van der Waals surface area contributed by atoms with Crippen LogP contribution in [0.25, 0.3) is 11.2 Å². The molecule has 8 nitrogen and oxygen atoms in total. The second-order valence-corrected chi connectivity index (χ2v) is 7.80. The van der Waals surface area contributed by atoms with E-state index >= 15 is 0 Å². The lowest BCUT2D eigenvalue weighted by molar-refractivity contribution is 0.804. The van der Waals surface area contributed by atoms with Gasteiger partial charge >= 0.3 is 5.69 Å². The molecule has 0 fully saturated rings. The highest BCUT2D eigenvalue weighted by Crippen LogP contribution is 2.20. The standard InChI is InChI=1S/C22H21ClN6O2/c1-13-4-5-14(2)16(10-13)12-29-18-19(28(3)22(31)26-20(18)30)25-21(29)27-24-11-15-6-8-17(23)9-7-15/h4-11H,12H2,1-3H3,(H,25,27)(H,26,30,31)/b24-11+. The molecule has 31 heavy (non-hydrogen) atoms. The fourth-order valence-electron chi connectivity index (χ4n) is 3.33. The minimum atomic E-state index is -0.523. The summed E-state index contributed by atoms with van der Waals surface area (Å²) >= 11 is 5.92. The van der Waals surface area contributed by atoms with E-state index in [1.165, 1.54) is 4.57 Å². The highest BCUT2D eigenvalue weighted by Gasteiger charge is 2.18. The molecule has 0 aliphatic heterocycles. The average molecular weight is 437 g/mol. The molecule has 0 saturated heterocycles. The first-order valence-electron chi connectivity index (χ1n) is 9.64. The molecule has 0 bridgehead atoms. The van der Waals surface area contributed by atoms with E-state index in [4.69, 9.17) is 11.6 Å². The van der Waals surface area contributed by atoms with Gasteiger partial charge < -0.3 is 0 Å². The van der Waals surface area contributed by atoms with E-state index in [9.17, 15) is 9.59 Å². The minimum absolute atomic E-state index is 0.281. The van der Waals surface area contributed by atoms with Crippen LogP contribution < -0.4 is 16.7 Å². The van der Waals surface area contributed by atoms with E-state index in [1.807, 2.05) is 38.1 Å². The van der Waals surface area contributed by atoms with E-state index < -0.39 is 11.2 Å². The van der Waals surface area contributed by atoms with Crippen LogP contribution in [0.15, 0.2) is 57.2 Å². The number of halogens is 1. The summed E-state index contributed by atoms with van der Waals surface area (Å²) in [4.78, 5) is 31.5. The van der Waals surface area contributed by atoms with Gasteiger partial charge in [-0.25, -0.2) is 10.2 Å². The Bertz CT molecular complexity index is 1410. The predicted octanol–water partition coefficient (Wildman–Crippen LogP) is 3.19. The summed E-state index contributed by atoms with van der Waals surface area (Å²) in [6.07, 6.45) is 1.63. The van der Waals surface area contributed by atoms with Gasteiger partial charge in [0.25, 0.3) is 5.56 Å². The van der Waals surface area contributed by atoms with Crippen LogP contribution in [0, 0.1) is 13.8 Å². The molecule has 2 aromatic heterocycles. The number of hydrogen-bond donors (Lipinski definition) is 2. The molecule has 2 aromatic carbocycles. The minimum Gasteiger partial charge on any atom is -0.298 e. The molecule has 9 heteroatoms. The van der Waals surface area contributed by atoms with Gasteiger partial charge in [-0.15, -0.1) is 0 Å². The molecule has 4 rings (SSSR count). The number of fused-ring (bicyclic) bond motifs is 1. The van der Waals surface area contributed by atoms with Gasteiger partial charge in [0.15, 0.2) is 11.2 Å². The number of H-pyrrole nitrogens is 1. The van der Waals surface area contributed by atoms with Crippen molar-refractivity contribution < 1.29 is 0 Å². The Labute approximate surface area is 182 Å². The molecule has 4 aromatic rings. The molecular weight excluding hydrogens is 416 g/mol. The molecule has 0 radical (unpaired) electrons. The smallest absolute Gasteiger partial charge is 0.298 e. The van der Waals surface area contributed by atoms with Crippen molar-refractivity contribution in [1.82, 2.24) is 19.1 Å². The fraction of sp³-hybridized carbons (Fsp3) is 0.182. The first-order valence-corrected chi connectivity index (χ1v) is 10.0. The number of hydrazone groups is 1. The number of anilines is 1. The molecule has 0 amide bonds. The van der Waals surface area contributed by atoms with E-state index in [2.05, 4.69) is 26.6 Å². The summed E-state index contributed by atoms with van der Waals surface area (Å²) in [5.74, 6) is 0.354. The summed E-state index contributed by atoms with van der Waals surface area (Å²) in [5.41, 5.74) is 6.56. The lowest BCUT2D eigenvalue weighted by Crippen LogP contribution is -2.29. The molecule has 158 valence electrons. The van der Waals surface area contributed by atoms with Crippen molar-refractivity contribution in [3.8, 4) is 0 Å². The maximum absolute atomic E-state index is 12.6. The molecule has 2 N–H and O–H groups in total. The Kier molecular flexibility index (Phi) is 5.48. The number of imidazole rings is 1. The van der Waals surface area contributed by atoms with Gasteiger partial charge in [-0.3, -0.25) is 18.9 Å². The van der Waals surface area contributed by atoms with Gasteiger partial charge in [0.2, 0.25) is 5.95 Å². The number of aromatic nitrogens is 4. The third-order valence-corrected chi connectivity index (χ3v) is 5.34. The van der Waals surface area contributed by atoms with Crippen LogP contribution in [-0.2, 0) is 13.6 Å². The predicted molar refractivity (Wildman–Crippen MR) is 123 cm³/mol. The first kappa shape index (κ1) is 20.6. The maximum Gasteiger partial charge on any atom is 0.329 e. The van der Waals surface area contributed by atoms with Crippen molar-refractivity contribution in [2.24, 2.45) is 12.1 Å². The van der Waals surface area contributed by atoms with Crippen LogP contribution >= 0.6 is 11.6 Å². The van der Waals surface area contributed by atoms with Gasteiger partial charge in [0.1, 0.15) is 0 Å². The third kappa shape index (κ3) is 4.15. The van der Waals surface area contributed by atoms with Crippen molar-refractivity contribution in [1.29, 1.82) is 0 Å². The zero-order chi connectivity index (χ0) is 22.1. The number of aromatic amines is 1. The summed E-state index contributed by atoms with van der Waals surface area (Å²) in [5, 5.41) is 4.90. The largest absolute Gasteiger partial charge is 0.329 e. The van der Waals surface area contributed by atoms with Gasteiger partial charge in [0.05, 0.1) is 12.8 Å². The second kappa shape index (κ2) is 8.23. The average Bonchev–Trinajstić information content (AvgIpc) is 3.09. The zero-order valence-electron chi connectivity index (χ0n) is 17.3. The van der Waals surface area contributed by atoms with Crippen molar-refractivity contribution in [3.05, 3.63) is 90.6 Å². The van der Waals surface area contributed by atoms with E-state index in [0.717, 1.165) is 22.3 Å². The van der Waals surface area contributed by atoms with Gasteiger partial charge in [-0.05, 0) is 42.7 Å². The molecule has 2 heterocycles. The summed E-state index contributed by atoms with van der Waals surface area (Å²) < 4.78 is 3.04. The van der Waals surface area contributed by atoms with E-state index in [1.54, 1.807) is 30.0 Å². The second-order valence-electron chi connectivity index (χ2n) is 7.36. The quantitative estimate of drug-likeness (QED) is 0.371. The number of nitrogens with zero attached hydrogens (tertiary/aromatic N) is 4. The highest BCUT2D eigenvalue weighted by atomic mass is 35.5. The molecule has 0 aliphatic rings. The Morgan fingerprint density at radius 1 is 1.16 bits per heavy atom. The number of benzene rings is 2. The molecular formula is C22H21ClN6O2. The van der Waals surface area contributed by atoms with Crippen LogP contribution in [0.2, 0.25) is 5.02 Å². The monoisotopic (exact) mass is 436 g/mol. The highest BCUT2D eigenvalue weighted by molar-refractivity contribution is 6.30. The normalized spacial score (nSPS) is 11.5. The Morgan fingerprint density at radius 2 is 1.90 bits per heavy atom. The zero-order valence-corrected chi connectivity index (χ0v) is 18.1. The molecule has 0 spiro atoms. The third-order valence-electron chi connectivity index (χ3n) is 5.09. The van der Waals surface area contributed by atoms with Crippen molar-refractivity contribution >= 4 is 34.9 Å². The Hall–Kier alpha value is -3.65. The number of hydrogen-bond acceptors (Lipinski definition) is 5. The Morgan fingerprint density at radius 3 is 2.65 bits per heavy atom. The maximum atomic E-state index is 12.6. The topological polar surface area (TPSA) is 97.1 Å². The van der Waals surface area contributed by atoms with Crippen LogP contribution in [0.1, 0.15) is 22.3 Å². The van der Waals surface area contributed by atoms with Crippen molar-refractivity contribution in [2.75, 3.05) is 5.43 Å². The summed E-state index contributed by atoms with van der Waals surface area (Å²) in [7, 11) is 1.57. The SMILES string of the molecule is Cc1ccc(C)c(Cn2c(N/N=C/c3ccc(Cl)cc3)nc3c2c(=O)[nH]c(=O)n3C)c1. The van der Waals surface area contributed by atoms with Crippen LogP contribution in [0.5, 0.6) is 0 Å². The molecule has 0 atom stereocenters. The lowest BCUT2D eigenvalue weighted by Gasteiger charge is -2.11. The molecule has 0 unspecified atom stereocenters. The van der Waals surface area contributed by atoms with Crippen LogP contribution in [0.4, 0.5) is 5.95 Å².